The highest BCUT2D eigenvalue weighted by Gasteiger charge is 2.27. The summed E-state index contributed by atoms with van der Waals surface area (Å²) in [7, 11) is 1.69. The molecule has 1 unspecified atom stereocenters. The van der Waals surface area contributed by atoms with Crippen molar-refractivity contribution in [3.8, 4) is 0 Å². The lowest BCUT2D eigenvalue weighted by Gasteiger charge is -2.32. The minimum Gasteiger partial charge on any atom is -0.504 e. The Kier molecular flexibility index (Phi) is 4.01. The van der Waals surface area contributed by atoms with Crippen LogP contribution in [0.25, 0.3) is 0 Å². The van der Waals surface area contributed by atoms with Crippen LogP contribution in [0.2, 0.25) is 0 Å². The van der Waals surface area contributed by atoms with E-state index < -0.39 is 0 Å². The van der Waals surface area contributed by atoms with Crippen LogP contribution >= 0.6 is 15.9 Å². The molecule has 21 heavy (non-hydrogen) atoms. The Morgan fingerprint density at radius 2 is 2.10 bits per heavy atom. The van der Waals surface area contributed by atoms with E-state index in [1.54, 1.807) is 7.11 Å². The van der Waals surface area contributed by atoms with Crippen LogP contribution in [0, 0.1) is 5.92 Å². The van der Waals surface area contributed by atoms with Crippen molar-refractivity contribution < 1.29 is 4.74 Å². The van der Waals surface area contributed by atoms with Gasteiger partial charge in [0.2, 0.25) is 0 Å². The lowest BCUT2D eigenvalue weighted by Crippen LogP contribution is -2.37. The van der Waals surface area contributed by atoms with Gasteiger partial charge in [-0.1, -0.05) is 22.9 Å². The fraction of sp³-hybridized carbons (Fsp3) is 0.312. The van der Waals surface area contributed by atoms with Crippen molar-refractivity contribution in [2.45, 2.75) is 19.8 Å². The summed E-state index contributed by atoms with van der Waals surface area (Å²) in [6, 6.07) is 8.12. The second kappa shape index (κ2) is 5.93. The highest BCUT2D eigenvalue weighted by molar-refractivity contribution is 9.10. The third-order valence-electron chi connectivity index (χ3n) is 3.68. The molecule has 1 aromatic carbocycles. The first-order valence-electron chi connectivity index (χ1n) is 6.99. The topological polar surface area (TPSA) is 36.9 Å². The lowest BCUT2D eigenvalue weighted by atomic mass is 9.82. The molecule has 0 amide bonds. The van der Waals surface area contributed by atoms with Gasteiger partial charge in [-0.05, 0) is 48.6 Å². The molecule has 4 nitrogen and oxygen atoms in total. The van der Waals surface area contributed by atoms with Crippen molar-refractivity contribution in [1.29, 1.82) is 0 Å². The number of halogens is 1. The highest BCUT2D eigenvalue weighted by atomic mass is 79.9. The van der Waals surface area contributed by atoms with Gasteiger partial charge in [0.05, 0.1) is 24.8 Å². The molecule has 1 heterocycles. The Hall–Kier alpha value is -1.75. The molecular formula is C16H18BrN3O. The number of allylic oxidation sites excluding steroid dienone is 2. The Balaban J connectivity index is 1.92. The van der Waals surface area contributed by atoms with Gasteiger partial charge in [-0.3, -0.25) is 0 Å². The summed E-state index contributed by atoms with van der Waals surface area (Å²) < 4.78 is 6.29. The predicted octanol–water partition coefficient (Wildman–Crippen LogP) is 3.97. The van der Waals surface area contributed by atoms with Crippen LogP contribution in [0.4, 0.5) is 5.69 Å². The molecule has 2 aliphatic rings. The average Bonchev–Trinajstić information content (AvgIpc) is 2.48. The fourth-order valence-corrected chi connectivity index (χ4v) is 2.97. The zero-order valence-electron chi connectivity index (χ0n) is 12.1. The number of benzene rings is 1. The molecule has 1 aliphatic carbocycles. The van der Waals surface area contributed by atoms with E-state index in [2.05, 4.69) is 39.7 Å². The maximum absolute atomic E-state index is 5.23. The third-order valence-corrected chi connectivity index (χ3v) is 4.21. The Morgan fingerprint density at radius 1 is 1.33 bits per heavy atom. The minimum atomic E-state index is 0.586. The number of nitrogens with one attached hydrogen (secondary N) is 1. The van der Waals surface area contributed by atoms with E-state index >= 15 is 0 Å². The van der Waals surface area contributed by atoms with E-state index in [1.165, 1.54) is 5.57 Å². The lowest BCUT2D eigenvalue weighted by molar-refractivity contribution is 0.331. The van der Waals surface area contributed by atoms with Crippen molar-refractivity contribution in [3.63, 3.8) is 0 Å². The zero-order chi connectivity index (χ0) is 14.8. The van der Waals surface area contributed by atoms with Gasteiger partial charge in [-0.25, -0.2) is 10.5 Å². The summed E-state index contributed by atoms with van der Waals surface area (Å²) >= 11 is 3.45. The highest BCUT2D eigenvalue weighted by Crippen LogP contribution is 2.33. The van der Waals surface area contributed by atoms with Gasteiger partial charge in [0.1, 0.15) is 0 Å². The number of hydrogen-bond donors (Lipinski definition) is 1. The molecule has 1 saturated carbocycles. The molecule has 1 N–H and O–H groups in total. The molecule has 1 atom stereocenters. The molecule has 0 spiro atoms. The maximum atomic E-state index is 5.23. The van der Waals surface area contributed by atoms with Crippen molar-refractivity contribution in [1.82, 2.24) is 5.53 Å². The number of hydrazine groups is 1. The van der Waals surface area contributed by atoms with Crippen molar-refractivity contribution in [2.24, 2.45) is 11.0 Å². The number of anilines is 1. The summed E-state index contributed by atoms with van der Waals surface area (Å²) in [5.41, 5.74) is 7.62. The number of ether oxygens (including phenoxy) is 1. The number of fused-ring (bicyclic) bond motifs is 1. The van der Waals surface area contributed by atoms with E-state index in [-0.39, 0.29) is 0 Å². The van der Waals surface area contributed by atoms with Gasteiger partial charge in [-0.2, -0.15) is 5.10 Å². The Labute approximate surface area is 133 Å². The summed E-state index contributed by atoms with van der Waals surface area (Å²) in [5.74, 6) is 0.586. The van der Waals surface area contributed by atoms with Crippen molar-refractivity contribution in [2.75, 3.05) is 12.1 Å². The van der Waals surface area contributed by atoms with Gasteiger partial charge < -0.3 is 4.74 Å². The van der Waals surface area contributed by atoms with Crippen LogP contribution in [0.3, 0.4) is 0 Å². The minimum absolute atomic E-state index is 0.586. The number of hydrogen-bond acceptors (Lipinski definition) is 4. The van der Waals surface area contributed by atoms with Gasteiger partial charge in [0.15, 0.2) is 0 Å². The summed E-state index contributed by atoms with van der Waals surface area (Å²) in [5, 5.41) is 6.47. The molecule has 110 valence electrons. The molecule has 1 fully saturated rings. The average molecular weight is 348 g/mol. The van der Waals surface area contributed by atoms with E-state index in [9.17, 15) is 0 Å². The molecule has 3 rings (SSSR count). The number of methoxy groups -OCH3 is 1. The smallest absolute Gasteiger partial charge is 0.0863 e. The van der Waals surface area contributed by atoms with Crippen LogP contribution in [0.15, 0.2) is 57.4 Å². The number of rotatable bonds is 2. The standard InChI is InChI=1S/C16H18BrN3O/c1-11-7-12(10-21-2)15-9-20(19-18-16(15)8-11)14-5-3-13(17)4-6-14/h3-6,9-11,19H,7-8H2,1-2H3/b12-10+. The summed E-state index contributed by atoms with van der Waals surface area (Å²) in [6.07, 6.45) is 5.95. The molecule has 1 aromatic rings. The van der Waals surface area contributed by atoms with Gasteiger partial charge in [0.25, 0.3) is 0 Å². The molecular weight excluding hydrogens is 330 g/mol. The quantitative estimate of drug-likeness (QED) is 0.822. The van der Waals surface area contributed by atoms with E-state index in [0.29, 0.717) is 5.92 Å². The van der Waals surface area contributed by atoms with Gasteiger partial charge in [0, 0.05) is 16.2 Å². The summed E-state index contributed by atoms with van der Waals surface area (Å²) in [6.45, 7) is 2.24. The summed E-state index contributed by atoms with van der Waals surface area (Å²) in [4.78, 5) is 0. The second-order valence-corrected chi connectivity index (χ2v) is 6.36. The first kappa shape index (κ1) is 14.2. The zero-order valence-corrected chi connectivity index (χ0v) is 13.7. The van der Waals surface area contributed by atoms with Crippen LogP contribution in [0.5, 0.6) is 0 Å². The Morgan fingerprint density at radius 3 is 2.81 bits per heavy atom. The van der Waals surface area contributed by atoms with E-state index in [1.807, 2.05) is 35.5 Å². The van der Waals surface area contributed by atoms with E-state index in [4.69, 9.17) is 4.74 Å². The van der Waals surface area contributed by atoms with Crippen LogP contribution < -0.4 is 10.5 Å². The molecule has 0 saturated heterocycles. The monoisotopic (exact) mass is 347 g/mol. The predicted molar refractivity (Wildman–Crippen MR) is 88.8 cm³/mol. The first-order valence-corrected chi connectivity index (χ1v) is 7.78. The number of nitrogens with zero attached hydrogens (tertiary/aromatic N) is 2. The largest absolute Gasteiger partial charge is 0.504 e. The van der Waals surface area contributed by atoms with Crippen LogP contribution in [-0.2, 0) is 4.74 Å². The van der Waals surface area contributed by atoms with Crippen LogP contribution in [-0.4, -0.2) is 12.8 Å². The van der Waals surface area contributed by atoms with Gasteiger partial charge >= 0.3 is 0 Å². The fourth-order valence-electron chi connectivity index (χ4n) is 2.71. The molecule has 0 radical (unpaired) electrons. The van der Waals surface area contributed by atoms with Crippen molar-refractivity contribution in [3.05, 3.63) is 52.3 Å². The second-order valence-electron chi connectivity index (χ2n) is 5.44. The van der Waals surface area contributed by atoms with Crippen LogP contribution in [0.1, 0.15) is 19.8 Å². The van der Waals surface area contributed by atoms with Crippen molar-refractivity contribution >= 4 is 27.3 Å². The maximum Gasteiger partial charge on any atom is 0.0863 e. The first-order chi connectivity index (χ1) is 10.2. The van der Waals surface area contributed by atoms with E-state index in [0.717, 1.165) is 34.3 Å². The Bertz CT molecular complexity index is 619. The molecule has 5 heteroatoms. The normalized spacial score (nSPS) is 23.1. The third kappa shape index (κ3) is 2.97. The molecule has 0 bridgehead atoms. The number of hydrazone groups is 1. The van der Waals surface area contributed by atoms with Gasteiger partial charge in [-0.15, -0.1) is 0 Å². The molecule has 0 aromatic heterocycles. The molecule has 1 aliphatic heterocycles. The SMILES string of the molecule is CO/C=C1\CC(C)CC2=NNN(c3ccc(Br)cc3)C=C21.